The second-order valence-corrected chi connectivity index (χ2v) is 4.07. The van der Waals surface area contributed by atoms with E-state index in [0.717, 1.165) is 30.6 Å². The van der Waals surface area contributed by atoms with Gasteiger partial charge in [0.15, 0.2) is 0 Å². The van der Waals surface area contributed by atoms with Crippen LogP contribution in [0.2, 0.25) is 0 Å². The summed E-state index contributed by atoms with van der Waals surface area (Å²) < 4.78 is 12.9. The summed E-state index contributed by atoms with van der Waals surface area (Å²) in [6, 6.07) is 4.87. The molecule has 0 aliphatic heterocycles. The van der Waals surface area contributed by atoms with Crippen LogP contribution in [-0.2, 0) is 6.54 Å². The lowest BCUT2D eigenvalue weighted by atomic mass is 10.1. The fourth-order valence-electron chi connectivity index (χ4n) is 1.81. The third kappa shape index (κ3) is 3.91. The number of aryl methyl sites for hydroxylation is 1. The zero-order valence-electron chi connectivity index (χ0n) is 10.0. The Morgan fingerprint density at radius 2 is 2.06 bits per heavy atom. The van der Waals surface area contributed by atoms with Gasteiger partial charge in [-0.1, -0.05) is 13.0 Å². The molecule has 0 heterocycles. The molecule has 90 valence electrons. The fourth-order valence-corrected chi connectivity index (χ4v) is 1.81. The zero-order valence-corrected chi connectivity index (χ0v) is 10.0. The third-order valence-corrected chi connectivity index (χ3v) is 2.65. The van der Waals surface area contributed by atoms with Crippen LogP contribution < -0.4 is 0 Å². The molecule has 0 saturated heterocycles. The van der Waals surface area contributed by atoms with Gasteiger partial charge in [-0.05, 0) is 43.1 Å². The first-order valence-electron chi connectivity index (χ1n) is 5.75. The largest absolute Gasteiger partial charge is 0.395 e. The normalized spacial score (nSPS) is 11.1. The first-order chi connectivity index (χ1) is 7.67. The van der Waals surface area contributed by atoms with Crippen molar-refractivity contribution < 1.29 is 9.50 Å². The van der Waals surface area contributed by atoms with Crippen molar-refractivity contribution in [1.29, 1.82) is 0 Å². The molecule has 1 rings (SSSR count). The maximum Gasteiger partial charge on any atom is 0.123 e. The summed E-state index contributed by atoms with van der Waals surface area (Å²) in [6.07, 6.45) is 1.06. The molecule has 0 unspecified atom stereocenters. The first-order valence-corrected chi connectivity index (χ1v) is 5.75. The van der Waals surface area contributed by atoms with Gasteiger partial charge in [0, 0.05) is 13.1 Å². The van der Waals surface area contributed by atoms with Gasteiger partial charge in [0.2, 0.25) is 0 Å². The molecule has 0 amide bonds. The van der Waals surface area contributed by atoms with E-state index in [4.69, 9.17) is 5.11 Å². The summed E-state index contributed by atoms with van der Waals surface area (Å²) in [7, 11) is 0. The number of nitrogens with zero attached hydrogens (tertiary/aromatic N) is 1. The van der Waals surface area contributed by atoms with Crippen molar-refractivity contribution in [3.63, 3.8) is 0 Å². The van der Waals surface area contributed by atoms with Crippen molar-refractivity contribution in [2.24, 2.45) is 0 Å². The number of hydrogen-bond donors (Lipinski definition) is 1. The van der Waals surface area contributed by atoms with E-state index in [0.29, 0.717) is 6.54 Å². The molecule has 0 aliphatic rings. The summed E-state index contributed by atoms with van der Waals surface area (Å²) in [5, 5.41) is 8.95. The van der Waals surface area contributed by atoms with E-state index in [1.165, 1.54) is 6.07 Å². The van der Waals surface area contributed by atoms with Gasteiger partial charge >= 0.3 is 0 Å². The van der Waals surface area contributed by atoms with Crippen LogP contribution in [-0.4, -0.2) is 29.7 Å². The quantitative estimate of drug-likeness (QED) is 0.803. The van der Waals surface area contributed by atoms with E-state index in [2.05, 4.69) is 11.8 Å². The average molecular weight is 225 g/mol. The van der Waals surface area contributed by atoms with Gasteiger partial charge in [-0.3, -0.25) is 4.90 Å². The standard InChI is InChI=1S/C13H20FNO/c1-3-6-15(7-8-16)10-12-4-5-13(14)9-11(12)2/h4-5,9,16H,3,6-8,10H2,1-2H3. The minimum absolute atomic E-state index is 0.167. The van der Waals surface area contributed by atoms with Gasteiger partial charge in [-0.25, -0.2) is 4.39 Å². The van der Waals surface area contributed by atoms with Gasteiger partial charge in [0.05, 0.1) is 6.61 Å². The van der Waals surface area contributed by atoms with Crippen LogP contribution in [0.15, 0.2) is 18.2 Å². The number of aliphatic hydroxyl groups is 1. The molecule has 0 aliphatic carbocycles. The lowest BCUT2D eigenvalue weighted by Crippen LogP contribution is -2.27. The minimum atomic E-state index is -0.189. The molecule has 0 saturated carbocycles. The highest BCUT2D eigenvalue weighted by molar-refractivity contribution is 5.26. The van der Waals surface area contributed by atoms with Crippen LogP contribution in [0, 0.1) is 12.7 Å². The van der Waals surface area contributed by atoms with Crippen LogP contribution in [0.4, 0.5) is 4.39 Å². The molecule has 0 aromatic heterocycles. The van der Waals surface area contributed by atoms with Crippen LogP contribution >= 0.6 is 0 Å². The number of benzene rings is 1. The number of rotatable bonds is 6. The average Bonchev–Trinajstić information content (AvgIpc) is 2.23. The van der Waals surface area contributed by atoms with E-state index >= 15 is 0 Å². The Morgan fingerprint density at radius 1 is 1.31 bits per heavy atom. The molecule has 0 fully saturated rings. The molecule has 1 N–H and O–H groups in total. The highest BCUT2D eigenvalue weighted by atomic mass is 19.1. The van der Waals surface area contributed by atoms with Gasteiger partial charge in [0.1, 0.15) is 5.82 Å². The van der Waals surface area contributed by atoms with Crippen molar-refractivity contribution in [1.82, 2.24) is 4.90 Å². The Balaban J connectivity index is 2.68. The van der Waals surface area contributed by atoms with Crippen LogP contribution in [0.5, 0.6) is 0 Å². The highest BCUT2D eigenvalue weighted by Crippen LogP contribution is 2.12. The van der Waals surface area contributed by atoms with Gasteiger partial charge in [-0.2, -0.15) is 0 Å². The molecule has 3 heteroatoms. The monoisotopic (exact) mass is 225 g/mol. The SMILES string of the molecule is CCCN(CCO)Cc1ccc(F)cc1C. The minimum Gasteiger partial charge on any atom is -0.395 e. The van der Waals surface area contributed by atoms with Gasteiger partial charge in [-0.15, -0.1) is 0 Å². The lowest BCUT2D eigenvalue weighted by molar-refractivity contribution is 0.190. The second-order valence-electron chi connectivity index (χ2n) is 4.07. The van der Waals surface area contributed by atoms with Crippen molar-refractivity contribution >= 4 is 0 Å². The Hall–Kier alpha value is -0.930. The Morgan fingerprint density at radius 3 is 2.62 bits per heavy atom. The molecule has 16 heavy (non-hydrogen) atoms. The predicted molar refractivity (Wildman–Crippen MR) is 63.8 cm³/mol. The predicted octanol–water partition coefficient (Wildman–Crippen LogP) is 2.34. The topological polar surface area (TPSA) is 23.5 Å². The Labute approximate surface area is 96.7 Å². The second kappa shape index (κ2) is 6.61. The van der Waals surface area contributed by atoms with Crippen LogP contribution in [0.25, 0.3) is 0 Å². The third-order valence-electron chi connectivity index (χ3n) is 2.65. The molecule has 0 spiro atoms. The van der Waals surface area contributed by atoms with E-state index < -0.39 is 0 Å². The van der Waals surface area contributed by atoms with E-state index in [1.54, 1.807) is 6.07 Å². The van der Waals surface area contributed by atoms with Gasteiger partial charge in [0.25, 0.3) is 0 Å². The molecule has 1 aromatic carbocycles. The van der Waals surface area contributed by atoms with Crippen molar-refractivity contribution in [3.05, 3.63) is 35.1 Å². The van der Waals surface area contributed by atoms with E-state index in [1.807, 2.05) is 13.0 Å². The molecular weight excluding hydrogens is 205 g/mol. The van der Waals surface area contributed by atoms with Gasteiger partial charge < -0.3 is 5.11 Å². The van der Waals surface area contributed by atoms with Crippen molar-refractivity contribution in [2.45, 2.75) is 26.8 Å². The maximum atomic E-state index is 12.9. The first kappa shape index (κ1) is 13.1. The summed E-state index contributed by atoms with van der Waals surface area (Å²) in [6.45, 7) is 6.60. The number of halogens is 1. The Bertz CT molecular complexity index is 322. The fraction of sp³-hybridized carbons (Fsp3) is 0.538. The summed E-state index contributed by atoms with van der Waals surface area (Å²) in [4.78, 5) is 2.18. The molecule has 2 nitrogen and oxygen atoms in total. The van der Waals surface area contributed by atoms with Crippen LogP contribution in [0.3, 0.4) is 0 Å². The van der Waals surface area contributed by atoms with E-state index in [-0.39, 0.29) is 12.4 Å². The summed E-state index contributed by atoms with van der Waals surface area (Å²) in [5.41, 5.74) is 2.10. The summed E-state index contributed by atoms with van der Waals surface area (Å²) >= 11 is 0. The maximum absolute atomic E-state index is 12.9. The highest BCUT2D eigenvalue weighted by Gasteiger charge is 2.06. The summed E-state index contributed by atoms with van der Waals surface area (Å²) in [5.74, 6) is -0.189. The molecule has 0 atom stereocenters. The van der Waals surface area contributed by atoms with Crippen molar-refractivity contribution in [2.75, 3.05) is 19.7 Å². The smallest absolute Gasteiger partial charge is 0.123 e. The molecule has 0 radical (unpaired) electrons. The molecule has 1 aromatic rings. The zero-order chi connectivity index (χ0) is 12.0. The Kier molecular flexibility index (Phi) is 5.43. The van der Waals surface area contributed by atoms with Crippen LogP contribution in [0.1, 0.15) is 24.5 Å². The molecule has 0 bridgehead atoms. The van der Waals surface area contributed by atoms with E-state index in [9.17, 15) is 4.39 Å². The molecular formula is C13H20FNO. The lowest BCUT2D eigenvalue weighted by Gasteiger charge is -2.21. The van der Waals surface area contributed by atoms with Crippen molar-refractivity contribution in [3.8, 4) is 0 Å². The number of aliphatic hydroxyl groups excluding tert-OH is 1. The number of hydrogen-bond acceptors (Lipinski definition) is 2.